The lowest BCUT2D eigenvalue weighted by Crippen LogP contribution is -2.64. The number of carbonyl (C=O) groups is 1. The molecule has 5 heteroatoms. The van der Waals surface area contributed by atoms with Gasteiger partial charge in [-0.15, -0.1) is 0 Å². The van der Waals surface area contributed by atoms with E-state index in [-0.39, 0.29) is 5.41 Å². The Morgan fingerprint density at radius 3 is 2.82 bits per heavy atom. The molecule has 2 aliphatic carbocycles. The van der Waals surface area contributed by atoms with Crippen LogP contribution < -0.4 is 5.32 Å². The lowest BCUT2D eigenvalue weighted by molar-refractivity contribution is -0.172. The summed E-state index contributed by atoms with van der Waals surface area (Å²) in [5.74, 6) is 2.55. The van der Waals surface area contributed by atoms with Crippen LogP contribution in [0.3, 0.4) is 0 Å². The molecule has 0 bridgehead atoms. The number of hydrogen-bond donors (Lipinski definition) is 1. The Bertz CT molecular complexity index is 392. The van der Waals surface area contributed by atoms with Crippen LogP contribution in [0.25, 0.3) is 0 Å². The second kappa shape index (κ2) is 7.10. The molecule has 22 heavy (non-hydrogen) atoms. The van der Waals surface area contributed by atoms with Crippen molar-refractivity contribution in [1.29, 1.82) is 0 Å². The van der Waals surface area contributed by atoms with Crippen LogP contribution in [-0.2, 0) is 9.53 Å². The molecule has 3 unspecified atom stereocenters. The maximum atomic E-state index is 12.7. The first-order valence-corrected chi connectivity index (χ1v) is 10.0. The Labute approximate surface area is 138 Å². The monoisotopic (exact) mass is 326 g/mol. The van der Waals surface area contributed by atoms with Gasteiger partial charge in [0.25, 0.3) is 0 Å². The standard InChI is InChI=1S/C17H30N2O2S/c1-3-21-15-11-14(17(15)6-4-5-7-17)19(2)16(20)10-13-12-22-9-8-18-13/h13-15,18H,3-12H2,1-2H3. The molecule has 1 heterocycles. The predicted molar refractivity (Wildman–Crippen MR) is 91.2 cm³/mol. The molecule has 1 spiro atoms. The first kappa shape index (κ1) is 16.6. The van der Waals surface area contributed by atoms with Gasteiger partial charge in [-0.1, -0.05) is 12.8 Å². The summed E-state index contributed by atoms with van der Waals surface area (Å²) in [4.78, 5) is 14.7. The molecule has 0 aromatic heterocycles. The fourth-order valence-corrected chi connectivity index (χ4v) is 5.62. The Morgan fingerprint density at radius 2 is 2.18 bits per heavy atom. The maximum Gasteiger partial charge on any atom is 0.224 e. The number of nitrogens with zero attached hydrogens (tertiary/aromatic N) is 1. The quantitative estimate of drug-likeness (QED) is 0.841. The fourth-order valence-electron chi connectivity index (χ4n) is 4.67. The van der Waals surface area contributed by atoms with Crippen LogP contribution in [0.5, 0.6) is 0 Å². The van der Waals surface area contributed by atoms with E-state index in [1.165, 1.54) is 31.4 Å². The second-order valence-electron chi connectivity index (χ2n) is 7.07. The summed E-state index contributed by atoms with van der Waals surface area (Å²) < 4.78 is 5.97. The van der Waals surface area contributed by atoms with E-state index in [0.29, 0.717) is 30.5 Å². The van der Waals surface area contributed by atoms with Crippen molar-refractivity contribution in [3.63, 3.8) is 0 Å². The minimum Gasteiger partial charge on any atom is -0.378 e. The molecule has 3 aliphatic rings. The topological polar surface area (TPSA) is 41.6 Å². The van der Waals surface area contributed by atoms with Crippen molar-refractivity contribution < 1.29 is 9.53 Å². The van der Waals surface area contributed by atoms with Crippen LogP contribution in [0.15, 0.2) is 0 Å². The average molecular weight is 327 g/mol. The van der Waals surface area contributed by atoms with Gasteiger partial charge in [0, 0.05) is 55.6 Å². The molecule has 0 radical (unpaired) electrons. The van der Waals surface area contributed by atoms with E-state index >= 15 is 0 Å². The molecule has 4 nitrogen and oxygen atoms in total. The molecule has 1 aliphatic heterocycles. The van der Waals surface area contributed by atoms with Crippen molar-refractivity contribution >= 4 is 17.7 Å². The minimum absolute atomic E-state index is 0.259. The largest absolute Gasteiger partial charge is 0.378 e. The van der Waals surface area contributed by atoms with E-state index in [0.717, 1.165) is 25.3 Å². The van der Waals surface area contributed by atoms with E-state index in [1.54, 1.807) is 0 Å². The molecular formula is C17H30N2O2S. The predicted octanol–water partition coefficient (Wildman–Crippen LogP) is 2.28. The number of amides is 1. The summed E-state index contributed by atoms with van der Waals surface area (Å²) >= 11 is 1.96. The van der Waals surface area contributed by atoms with Crippen molar-refractivity contribution in [2.75, 3.05) is 31.7 Å². The van der Waals surface area contributed by atoms with Crippen molar-refractivity contribution in [2.24, 2.45) is 5.41 Å². The zero-order valence-electron chi connectivity index (χ0n) is 14.0. The molecule has 2 saturated carbocycles. The van der Waals surface area contributed by atoms with Gasteiger partial charge in [-0.3, -0.25) is 4.79 Å². The van der Waals surface area contributed by atoms with Crippen LogP contribution in [-0.4, -0.2) is 60.7 Å². The maximum absolute atomic E-state index is 12.7. The Balaban J connectivity index is 1.59. The van der Waals surface area contributed by atoms with Crippen LogP contribution >= 0.6 is 11.8 Å². The smallest absolute Gasteiger partial charge is 0.224 e. The number of carbonyl (C=O) groups excluding carboxylic acids is 1. The van der Waals surface area contributed by atoms with Crippen LogP contribution in [0.4, 0.5) is 0 Å². The van der Waals surface area contributed by atoms with Crippen LogP contribution in [0, 0.1) is 5.41 Å². The third-order valence-electron chi connectivity index (χ3n) is 5.92. The van der Waals surface area contributed by atoms with Gasteiger partial charge in [0.15, 0.2) is 0 Å². The molecule has 3 atom stereocenters. The fraction of sp³-hybridized carbons (Fsp3) is 0.941. The van der Waals surface area contributed by atoms with E-state index in [9.17, 15) is 4.79 Å². The first-order valence-electron chi connectivity index (χ1n) is 8.86. The van der Waals surface area contributed by atoms with Gasteiger partial charge < -0.3 is 15.0 Å². The normalized spacial score (nSPS) is 33.6. The summed E-state index contributed by atoms with van der Waals surface area (Å²) in [5, 5.41) is 3.48. The highest BCUT2D eigenvalue weighted by molar-refractivity contribution is 7.99. The number of nitrogens with one attached hydrogen (secondary N) is 1. The first-order chi connectivity index (χ1) is 10.7. The molecule has 0 aromatic carbocycles. The highest BCUT2D eigenvalue weighted by atomic mass is 32.2. The molecule has 3 fully saturated rings. The molecule has 126 valence electrons. The van der Waals surface area contributed by atoms with E-state index in [2.05, 4.69) is 17.1 Å². The Hall–Kier alpha value is -0.260. The third-order valence-corrected chi connectivity index (χ3v) is 7.06. The van der Waals surface area contributed by atoms with Crippen molar-refractivity contribution in [3.05, 3.63) is 0 Å². The summed E-state index contributed by atoms with van der Waals surface area (Å²) in [6, 6.07) is 0.756. The third kappa shape index (κ3) is 3.04. The summed E-state index contributed by atoms with van der Waals surface area (Å²) in [6.07, 6.45) is 7.11. The van der Waals surface area contributed by atoms with Gasteiger partial charge in [0.1, 0.15) is 0 Å². The highest BCUT2D eigenvalue weighted by Crippen LogP contribution is 2.56. The van der Waals surface area contributed by atoms with E-state index in [1.807, 2.05) is 18.8 Å². The lowest BCUT2D eigenvalue weighted by Gasteiger charge is -2.57. The van der Waals surface area contributed by atoms with Crippen molar-refractivity contribution in [2.45, 2.75) is 63.6 Å². The zero-order valence-corrected chi connectivity index (χ0v) is 14.8. The van der Waals surface area contributed by atoms with Gasteiger partial charge in [0.2, 0.25) is 5.91 Å². The van der Waals surface area contributed by atoms with Gasteiger partial charge in [-0.25, -0.2) is 0 Å². The molecule has 1 saturated heterocycles. The summed E-state index contributed by atoms with van der Waals surface area (Å²) in [6.45, 7) is 3.91. The lowest BCUT2D eigenvalue weighted by atomic mass is 9.60. The molecule has 1 N–H and O–H groups in total. The molecular weight excluding hydrogens is 296 g/mol. The van der Waals surface area contributed by atoms with E-state index < -0.39 is 0 Å². The number of ether oxygens (including phenoxy) is 1. The van der Waals surface area contributed by atoms with Crippen LogP contribution in [0.1, 0.15) is 45.4 Å². The number of rotatable bonds is 5. The van der Waals surface area contributed by atoms with Crippen molar-refractivity contribution in [3.8, 4) is 0 Å². The number of hydrogen-bond acceptors (Lipinski definition) is 4. The molecule has 0 aromatic rings. The molecule has 1 amide bonds. The second-order valence-corrected chi connectivity index (χ2v) is 8.22. The summed E-state index contributed by atoms with van der Waals surface area (Å²) in [7, 11) is 2.02. The Kier molecular flexibility index (Phi) is 5.35. The minimum atomic E-state index is 0.259. The Morgan fingerprint density at radius 1 is 1.41 bits per heavy atom. The van der Waals surface area contributed by atoms with Gasteiger partial charge in [-0.2, -0.15) is 11.8 Å². The molecule has 3 rings (SSSR count). The zero-order chi connectivity index (χ0) is 15.6. The van der Waals surface area contributed by atoms with Crippen molar-refractivity contribution in [1.82, 2.24) is 10.2 Å². The SMILES string of the molecule is CCOC1CC(N(C)C(=O)CC2CSCCN2)C12CCCC2. The van der Waals surface area contributed by atoms with E-state index in [4.69, 9.17) is 4.74 Å². The van der Waals surface area contributed by atoms with Gasteiger partial charge >= 0.3 is 0 Å². The number of thioether (sulfide) groups is 1. The summed E-state index contributed by atoms with van der Waals surface area (Å²) in [5.41, 5.74) is 0.259. The highest BCUT2D eigenvalue weighted by Gasteiger charge is 2.58. The van der Waals surface area contributed by atoms with Gasteiger partial charge in [0.05, 0.1) is 6.10 Å². The average Bonchev–Trinajstić information content (AvgIpc) is 3.04. The van der Waals surface area contributed by atoms with Gasteiger partial charge in [-0.05, 0) is 26.2 Å². The van der Waals surface area contributed by atoms with Crippen LogP contribution in [0.2, 0.25) is 0 Å².